The Morgan fingerprint density at radius 3 is 2.43 bits per heavy atom. The van der Waals surface area contributed by atoms with Gasteiger partial charge in [0.1, 0.15) is 11.5 Å². The third-order valence-electron chi connectivity index (χ3n) is 5.60. The quantitative estimate of drug-likeness (QED) is 0.565. The summed E-state index contributed by atoms with van der Waals surface area (Å²) in [6, 6.07) is 16.1. The maximum Gasteiger partial charge on any atom is 0.220 e. The first-order chi connectivity index (χ1) is 14.6. The summed E-state index contributed by atoms with van der Waals surface area (Å²) in [5.41, 5.74) is 2.19. The summed E-state index contributed by atoms with van der Waals surface area (Å²) in [6.45, 7) is 4.49. The fourth-order valence-corrected chi connectivity index (χ4v) is 3.76. The molecule has 3 rings (SSSR count). The van der Waals surface area contributed by atoms with E-state index in [-0.39, 0.29) is 5.91 Å². The van der Waals surface area contributed by atoms with Crippen LogP contribution in [-0.2, 0) is 11.3 Å². The standard InChI is InChI=1S/C24H32N4O2/c1-18-8-4-6-10-21(18)30-22-11-7-5-9-20(22)17-27-24(26-3)28-14-12-19(13-15-28)16-23(29)25-2/h4-11,19H,12-17H2,1-3H3,(H,25,29)(H,26,27). The number of aryl methyl sites for hydroxylation is 1. The van der Waals surface area contributed by atoms with Gasteiger partial charge >= 0.3 is 0 Å². The van der Waals surface area contributed by atoms with E-state index in [0.717, 1.165) is 54.5 Å². The number of piperidine rings is 1. The molecule has 0 unspecified atom stereocenters. The number of carbonyl (C=O) groups is 1. The van der Waals surface area contributed by atoms with Gasteiger partial charge in [0.15, 0.2) is 5.96 Å². The van der Waals surface area contributed by atoms with Crippen molar-refractivity contribution < 1.29 is 9.53 Å². The van der Waals surface area contributed by atoms with Gasteiger partial charge in [0.2, 0.25) is 5.91 Å². The third-order valence-corrected chi connectivity index (χ3v) is 5.60. The number of amides is 1. The van der Waals surface area contributed by atoms with Crippen molar-refractivity contribution in [2.24, 2.45) is 10.9 Å². The fraction of sp³-hybridized carbons (Fsp3) is 0.417. The molecule has 30 heavy (non-hydrogen) atoms. The zero-order valence-corrected chi connectivity index (χ0v) is 18.1. The molecule has 160 valence electrons. The molecular formula is C24H32N4O2. The first-order valence-electron chi connectivity index (χ1n) is 10.6. The van der Waals surface area contributed by atoms with E-state index in [1.807, 2.05) is 56.4 Å². The molecule has 1 aliphatic heterocycles. The fourth-order valence-electron chi connectivity index (χ4n) is 3.76. The number of aliphatic imine (C=N–C) groups is 1. The molecule has 0 aromatic heterocycles. The average Bonchev–Trinajstić information content (AvgIpc) is 2.77. The molecule has 0 aliphatic carbocycles. The van der Waals surface area contributed by atoms with Gasteiger partial charge in [0.05, 0.1) is 0 Å². The van der Waals surface area contributed by atoms with Crippen molar-refractivity contribution in [2.45, 2.75) is 32.7 Å². The molecule has 2 N–H and O–H groups in total. The Morgan fingerprint density at radius 1 is 1.10 bits per heavy atom. The van der Waals surface area contributed by atoms with Crippen LogP contribution in [0.4, 0.5) is 0 Å². The predicted octanol–water partition coefficient (Wildman–Crippen LogP) is 3.71. The molecule has 1 amide bonds. The molecule has 2 aromatic rings. The Kier molecular flexibility index (Phi) is 7.71. The molecule has 0 bridgehead atoms. The van der Waals surface area contributed by atoms with Crippen LogP contribution in [0, 0.1) is 12.8 Å². The number of rotatable bonds is 6. The van der Waals surface area contributed by atoms with Crippen LogP contribution >= 0.6 is 0 Å². The van der Waals surface area contributed by atoms with E-state index >= 15 is 0 Å². The SMILES string of the molecule is CN=C(NCc1ccccc1Oc1ccccc1C)N1CCC(CC(=O)NC)CC1. The Labute approximate surface area is 179 Å². The van der Waals surface area contributed by atoms with Gasteiger partial charge in [-0.15, -0.1) is 0 Å². The number of hydrogen-bond acceptors (Lipinski definition) is 3. The Bertz CT molecular complexity index is 873. The molecule has 0 radical (unpaired) electrons. The lowest BCUT2D eigenvalue weighted by Crippen LogP contribution is -2.45. The zero-order valence-electron chi connectivity index (χ0n) is 18.1. The lowest BCUT2D eigenvalue weighted by Gasteiger charge is -2.34. The minimum Gasteiger partial charge on any atom is -0.457 e. The maximum atomic E-state index is 11.6. The highest BCUT2D eigenvalue weighted by atomic mass is 16.5. The lowest BCUT2D eigenvalue weighted by atomic mass is 9.93. The molecule has 2 aromatic carbocycles. The Morgan fingerprint density at radius 2 is 1.77 bits per heavy atom. The van der Waals surface area contributed by atoms with Gasteiger partial charge in [0.25, 0.3) is 0 Å². The summed E-state index contributed by atoms with van der Waals surface area (Å²) in [5.74, 6) is 3.18. The number of carbonyl (C=O) groups excluding carboxylic acids is 1. The normalized spacial score (nSPS) is 15.0. The van der Waals surface area contributed by atoms with Gasteiger partial charge in [-0.05, 0) is 43.4 Å². The number of nitrogens with zero attached hydrogens (tertiary/aromatic N) is 2. The highest BCUT2D eigenvalue weighted by Gasteiger charge is 2.23. The molecule has 6 nitrogen and oxygen atoms in total. The van der Waals surface area contributed by atoms with Crippen LogP contribution in [0.1, 0.15) is 30.4 Å². The number of hydrogen-bond donors (Lipinski definition) is 2. The zero-order chi connectivity index (χ0) is 21.3. The highest BCUT2D eigenvalue weighted by molar-refractivity contribution is 5.80. The molecule has 1 saturated heterocycles. The largest absolute Gasteiger partial charge is 0.457 e. The number of ether oxygens (including phenoxy) is 1. The second kappa shape index (κ2) is 10.7. The third kappa shape index (κ3) is 5.75. The van der Waals surface area contributed by atoms with Gasteiger partial charge < -0.3 is 20.3 Å². The van der Waals surface area contributed by atoms with Crippen molar-refractivity contribution in [1.29, 1.82) is 0 Å². The van der Waals surface area contributed by atoms with Gasteiger partial charge in [-0.2, -0.15) is 0 Å². The molecule has 6 heteroatoms. The summed E-state index contributed by atoms with van der Waals surface area (Å²) in [5, 5.41) is 6.20. The molecule has 0 spiro atoms. The van der Waals surface area contributed by atoms with Gasteiger partial charge in [-0.1, -0.05) is 36.4 Å². The van der Waals surface area contributed by atoms with E-state index in [0.29, 0.717) is 18.9 Å². The van der Waals surface area contributed by atoms with Crippen molar-refractivity contribution in [1.82, 2.24) is 15.5 Å². The van der Waals surface area contributed by atoms with Crippen molar-refractivity contribution in [3.05, 3.63) is 59.7 Å². The van der Waals surface area contributed by atoms with Crippen LogP contribution < -0.4 is 15.4 Å². The van der Waals surface area contributed by atoms with Crippen LogP contribution in [0.5, 0.6) is 11.5 Å². The van der Waals surface area contributed by atoms with Gasteiger partial charge in [-0.3, -0.25) is 9.79 Å². The van der Waals surface area contributed by atoms with E-state index in [2.05, 4.69) is 26.6 Å². The van der Waals surface area contributed by atoms with Crippen LogP contribution in [-0.4, -0.2) is 44.0 Å². The smallest absolute Gasteiger partial charge is 0.220 e. The van der Waals surface area contributed by atoms with E-state index < -0.39 is 0 Å². The number of benzene rings is 2. The number of para-hydroxylation sites is 2. The topological polar surface area (TPSA) is 66.0 Å². The number of likely N-dealkylation sites (tertiary alicyclic amines) is 1. The van der Waals surface area contributed by atoms with Crippen LogP contribution in [0.3, 0.4) is 0 Å². The lowest BCUT2D eigenvalue weighted by molar-refractivity contribution is -0.121. The predicted molar refractivity (Wildman–Crippen MR) is 121 cm³/mol. The van der Waals surface area contributed by atoms with Crippen LogP contribution in [0.25, 0.3) is 0 Å². The van der Waals surface area contributed by atoms with Crippen LogP contribution in [0.15, 0.2) is 53.5 Å². The van der Waals surface area contributed by atoms with Crippen molar-refractivity contribution >= 4 is 11.9 Å². The summed E-state index contributed by atoms with van der Waals surface area (Å²) in [6.07, 6.45) is 2.61. The van der Waals surface area contributed by atoms with Crippen LogP contribution in [0.2, 0.25) is 0 Å². The molecule has 1 fully saturated rings. The second-order valence-corrected chi connectivity index (χ2v) is 7.68. The van der Waals surface area contributed by atoms with Gasteiger partial charge in [-0.25, -0.2) is 0 Å². The van der Waals surface area contributed by atoms with E-state index in [1.165, 1.54) is 0 Å². The van der Waals surface area contributed by atoms with E-state index in [1.54, 1.807) is 7.05 Å². The van der Waals surface area contributed by atoms with E-state index in [4.69, 9.17) is 4.74 Å². The first kappa shape index (κ1) is 21.7. The summed E-state index contributed by atoms with van der Waals surface area (Å²) in [7, 11) is 3.51. The summed E-state index contributed by atoms with van der Waals surface area (Å²) in [4.78, 5) is 18.4. The minimum atomic E-state index is 0.126. The Balaban J connectivity index is 1.58. The van der Waals surface area contributed by atoms with Gasteiger partial charge in [0, 0.05) is 45.7 Å². The Hall–Kier alpha value is -3.02. The van der Waals surface area contributed by atoms with Crippen molar-refractivity contribution in [2.75, 3.05) is 27.2 Å². The number of nitrogens with one attached hydrogen (secondary N) is 2. The molecule has 1 heterocycles. The molecule has 1 aliphatic rings. The van der Waals surface area contributed by atoms with Crippen molar-refractivity contribution in [3.8, 4) is 11.5 Å². The summed E-state index contributed by atoms with van der Waals surface area (Å²) < 4.78 is 6.18. The highest BCUT2D eigenvalue weighted by Crippen LogP contribution is 2.27. The van der Waals surface area contributed by atoms with Crippen molar-refractivity contribution in [3.63, 3.8) is 0 Å². The molecular weight excluding hydrogens is 376 g/mol. The monoisotopic (exact) mass is 408 g/mol. The minimum absolute atomic E-state index is 0.126. The molecule has 0 saturated carbocycles. The van der Waals surface area contributed by atoms with E-state index in [9.17, 15) is 4.79 Å². The number of guanidine groups is 1. The average molecular weight is 409 g/mol. The summed E-state index contributed by atoms with van der Waals surface area (Å²) >= 11 is 0. The second-order valence-electron chi connectivity index (χ2n) is 7.68. The molecule has 0 atom stereocenters. The first-order valence-corrected chi connectivity index (χ1v) is 10.6. The maximum absolute atomic E-state index is 11.6.